The van der Waals surface area contributed by atoms with Crippen molar-refractivity contribution < 1.29 is 18.8 Å². The number of fused-ring (bicyclic) bond motifs is 2. The van der Waals surface area contributed by atoms with Crippen molar-refractivity contribution in [3.05, 3.63) is 69.7 Å². The number of imide groups is 1. The Morgan fingerprint density at radius 3 is 2.26 bits per heavy atom. The molecule has 0 bridgehead atoms. The molecule has 4 rings (SSSR count). The fourth-order valence-electron chi connectivity index (χ4n) is 3.33. The number of rotatable bonds is 5. The quantitative estimate of drug-likeness (QED) is 0.512. The van der Waals surface area contributed by atoms with Crippen LogP contribution in [0.1, 0.15) is 44.4 Å². The second kappa shape index (κ2) is 6.35. The van der Waals surface area contributed by atoms with Crippen LogP contribution < -0.4 is 5.76 Å². The molecule has 2 heterocycles. The molecule has 3 aromatic rings. The third kappa shape index (κ3) is 2.77. The summed E-state index contributed by atoms with van der Waals surface area (Å²) >= 11 is 0. The number of amides is 2. The molecule has 2 aromatic carbocycles. The van der Waals surface area contributed by atoms with E-state index >= 15 is 0 Å². The maximum Gasteiger partial charge on any atom is 0.419 e. The van der Waals surface area contributed by atoms with Crippen LogP contribution in [0.4, 0.5) is 0 Å². The van der Waals surface area contributed by atoms with Gasteiger partial charge in [0.05, 0.1) is 16.6 Å². The van der Waals surface area contributed by atoms with Gasteiger partial charge in [0, 0.05) is 18.7 Å². The third-order valence-corrected chi connectivity index (χ3v) is 4.72. The summed E-state index contributed by atoms with van der Waals surface area (Å²) in [5.74, 6) is -1.27. The van der Waals surface area contributed by atoms with Gasteiger partial charge in [-0.25, -0.2) is 4.79 Å². The second-order valence-corrected chi connectivity index (χ2v) is 6.42. The highest BCUT2D eigenvalue weighted by Crippen LogP contribution is 2.23. The number of Topliss-reactive ketones (excluding diaryl/α,β-unsaturated/α-hetero) is 1. The fraction of sp³-hybridized carbons (Fsp3) is 0.200. The number of hydrogen-bond acceptors (Lipinski definition) is 5. The van der Waals surface area contributed by atoms with Crippen LogP contribution in [0.2, 0.25) is 0 Å². The monoisotopic (exact) mass is 364 g/mol. The minimum atomic E-state index is -0.534. The smallest absolute Gasteiger partial charge is 0.408 e. The number of carbonyl (C=O) groups excluding carboxylic acids is 3. The Hall–Kier alpha value is -3.48. The van der Waals surface area contributed by atoms with E-state index in [2.05, 4.69) is 0 Å². The third-order valence-electron chi connectivity index (χ3n) is 4.72. The molecule has 1 aliphatic rings. The van der Waals surface area contributed by atoms with E-state index in [-0.39, 0.29) is 24.1 Å². The SMILES string of the molecule is CC(=O)c1ccc2c(c1)oc(=O)n2CCCN1C(=O)c2ccccc2C1=O. The number of nitrogens with zero attached hydrogens (tertiary/aromatic N) is 2. The van der Waals surface area contributed by atoms with Gasteiger partial charge in [-0.3, -0.25) is 23.9 Å². The van der Waals surface area contributed by atoms with E-state index in [0.29, 0.717) is 40.8 Å². The molecule has 0 aliphatic carbocycles. The van der Waals surface area contributed by atoms with Gasteiger partial charge in [0.15, 0.2) is 11.4 Å². The topological polar surface area (TPSA) is 89.6 Å². The number of aromatic nitrogens is 1. The predicted molar refractivity (Wildman–Crippen MR) is 96.9 cm³/mol. The Morgan fingerprint density at radius 2 is 1.63 bits per heavy atom. The molecule has 0 spiro atoms. The van der Waals surface area contributed by atoms with E-state index in [1.807, 2.05) is 0 Å². The van der Waals surface area contributed by atoms with E-state index in [1.54, 1.807) is 42.5 Å². The van der Waals surface area contributed by atoms with Crippen molar-refractivity contribution in [2.75, 3.05) is 6.54 Å². The van der Waals surface area contributed by atoms with Crippen LogP contribution in [-0.4, -0.2) is 33.6 Å². The molecule has 0 atom stereocenters. The number of oxazole rings is 1. The lowest BCUT2D eigenvalue weighted by atomic mass is 10.1. The zero-order chi connectivity index (χ0) is 19.1. The van der Waals surface area contributed by atoms with Crippen LogP contribution in [0.15, 0.2) is 51.7 Å². The molecule has 7 heteroatoms. The molecule has 136 valence electrons. The first-order valence-electron chi connectivity index (χ1n) is 8.57. The average molecular weight is 364 g/mol. The highest BCUT2D eigenvalue weighted by molar-refractivity contribution is 6.21. The van der Waals surface area contributed by atoms with Gasteiger partial charge in [-0.15, -0.1) is 0 Å². The minimum absolute atomic E-state index is 0.113. The zero-order valence-corrected chi connectivity index (χ0v) is 14.6. The van der Waals surface area contributed by atoms with E-state index in [9.17, 15) is 19.2 Å². The summed E-state index contributed by atoms with van der Waals surface area (Å²) in [5.41, 5.74) is 2.20. The van der Waals surface area contributed by atoms with Crippen molar-refractivity contribution >= 4 is 28.7 Å². The van der Waals surface area contributed by atoms with Crippen molar-refractivity contribution in [3.8, 4) is 0 Å². The summed E-state index contributed by atoms with van der Waals surface area (Å²) in [6, 6.07) is 11.6. The largest absolute Gasteiger partial charge is 0.419 e. The molecule has 1 aliphatic heterocycles. The van der Waals surface area contributed by atoms with Crippen LogP contribution in [-0.2, 0) is 6.54 Å². The normalized spacial score (nSPS) is 13.4. The lowest BCUT2D eigenvalue weighted by Gasteiger charge is -2.13. The van der Waals surface area contributed by atoms with Crippen molar-refractivity contribution in [3.63, 3.8) is 0 Å². The van der Waals surface area contributed by atoms with Gasteiger partial charge in [-0.1, -0.05) is 12.1 Å². The van der Waals surface area contributed by atoms with Crippen molar-refractivity contribution in [1.82, 2.24) is 9.47 Å². The molecule has 2 amide bonds. The second-order valence-electron chi connectivity index (χ2n) is 6.42. The Balaban J connectivity index is 1.51. The van der Waals surface area contributed by atoms with Gasteiger partial charge in [0.2, 0.25) is 0 Å². The van der Waals surface area contributed by atoms with Crippen LogP contribution in [0.25, 0.3) is 11.1 Å². The van der Waals surface area contributed by atoms with Crippen molar-refractivity contribution in [1.29, 1.82) is 0 Å². The van der Waals surface area contributed by atoms with E-state index < -0.39 is 5.76 Å². The van der Waals surface area contributed by atoms with E-state index in [1.165, 1.54) is 16.4 Å². The van der Waals surface area contributed by atoms with E-state index in [0.717, 1.165) is 0 Å². The minimum Gasteiger partial charge on any atom is -0.408 e. The average Bonchev–Trinajstić information content (AvgIpc) is 3.10. The van der Waals surface area contributed by atoms with Crippen molar-refractivity contribution in [2.24, 2.45) is 0 Å². The summed E-state index contributed by atoms with van der Waals surface area (Å²) in [7, 11) is 0. The van der Waals surface area contributed by atoms with Crippen LogP contribution in [0.5, 0.6) is 0 Å². The number of ketones is 1. The highest BCUT2D eigenvalue weighted by atomic mass is 16.4. The Morgan fingerprint density at radius 1 is 0.963 bits per heavy atom. The maximum absolute atomic E-state index is 12.4. The molecule has 27 heavy (non-hydrogen) atoms. The molecule has 0 radical (unpaired) electrons. The van der Waals surface area contributed by atoms with Gasteiger partial charge in [-0.2, -0.15) is 0 Å². The zero-order valence-electron chi connectivity index (χ0n) is 14.6. The number of hydrogen-bond donors (Lipinski definition) is 0. The molecular weight excluding hydrogens is 348 g/mol. The first-order chi connectivity index (χ1) is 13.0. The molecule has 0 fully saturated rings. The first-order valence-corrected chi connectivity index (χ1v) is 8.57. The molecule has 0 unspecified atom stereocenters. The predicted octanol–water partition coefficient (Wildman–Crippen LogP) is 2.48. The van der Waals surface area contributed by atoms with Gasteiger partial charge in [0.25, 0.3) is 11.8 Å². The van der Waals surface area contributed by atoms with E-state index in [4.69, 9.17) is 4.42 Å². The lowest BCUT2D eigenvalue weighted by molar-refractivity contribution is 0.0650. The fourth-order valence-corrected chi connectivity index (χ4v) is 3.33. The molecular formula is C20H16N2O5. The molecule has 0 N–H and O–H groups in total. The first kappa shape index (κ1) is 17.0. The Labute approximate surface area is 153 Å². The standard InChI is InChI=1S/C20H16N2O5/c1-12(23)13-7-8-16-17(11-13)27-20(26)21(16)9-4-10-22-18(24)14-5-2-3-6-15(14)19(22)25/h2-3,5-8,11H,4,9-10H2,1H3. The van der Waals surface area contributed by atoms with Gasteiger partial charge < -0.3 is 4.42 Å². The van der Waals surface area contributed by atoms with Gasteiger partial charge in [0.1, 0.15) is 0 Å². The van der Waals surface area contributed by atoms with Gasteiger partial charge >= 0.3 is 5.76 Å². The van der Waals surface area contributed by atoms with Crippen LogP contribution in [0, 0.1) is 0 Å². The van der Waals surface area contributed by atoms with Crippen molar-refractivity contribution in [2.45, 2.75) is 19.9 Å². The highest BCUT2D eigenvalue weighted by Gasteiger charge is 2.34. The summed E-state index contributed by atoms with van der Waals surface area (Å²) in [4.78, 5) is 49.5. The maximum atomic E-state index is 12.4. The summed E-state index contributed by atoms with van der Waals surface area (Å²) in [5, 5.41) is 0. The molecule has 1 aromatic heterocycles. The molecule has 0 saturated heterocycles. The molecule has 7 nitrogen and oxygen atoms in total. The summed E-state index contributed by atoms with van der Waals surface area (Å²) in [6.07, 6.45) is 0.411. The van der Waals surface area contributed by atoms with Gasteiger partial charge in [-0.05, 0) is 43.7 Å². The summed E-state index contributed by atoms with van der Waals surface area (Å²) in [6.45, 7) is 1.94. The number of carbonyl (C=O) groups is 3. The number of aryl methyl sites for hydroxylation is 1. The van der Waals surface area contributed by atoms with Crippen LogP contribution >= 0.6 is 0 Å². The number of benzene rings is 2. The lowest BCUT2D eigenvalue weighted by Crippen LogP contribution is -2.31. The summed E-state index contributed by atoms with van der Waals surface area (Å²) < 4.78 is 6.65. The Kier molecular flexibility index (Phi) is 3.99. The van der Waals surface area contributed by atoms with Crippen LogP contribution in [0.3, 0.4) is 0 Å². The Bertz CT molecular complexity index is 1120. The molecule has 0 saturated carbocycles.